The van der Waals surface area contributed by atoms with Gasteiger partial charge in [0.05, 0.1) is 21.3 Å². The van der Waals surface area contributed by atoms with Crippen molar-refractivity contribution in [1.82, 2.24) is 9.58 Å². The number of hydrazone groups is 1. The van der Waals surface area contributed by atoms with Crippen molar-refractivity contribution in [3.63, 3.8) is 0 Å². The Morgan fingerprint density at radius 3 is 2.45 bits per heavy atom. The number of carbonyl (C=O) groups excluding carboxylic acids is 1. The van der Waals surface area contributed by atoms with Crippen LogP contribution in [0.25, 0.3) is 11.8 Å². The Balaban J connectivity index is 1.53. The molecule has 0 saturated carbocycles. The lowest BCUT2D eigenvalue weighted by Gasteiger charge is -2.20. The molecular formula is C24H17Cl2N5OS. The first-order valence-electron chi connectivity index (χ1n) is 10.0. The van der Waals surface area contributed by atoms with E-state index in [9.17, 15) is 4.79 Å². The number of amidine groups is 2. The molecule has 2 aliphatic rings. The first-order valence-corrected chi connectivity index (χ1v) is 11.6. The first kappa shape index (κ1) is 21.7. The summed E-state index contributed by atoms with van der Waals surface area (Å²) in [7, 11) is 0. The van der Waals surface area contributed by atoms with Crippen LogP contribution in [-0.4, -0.2) is 31.5 Å². The summed E-state index contributed by atoms with van der Waals surface area (Å²) >= 11 is 13.9. The molecule has 0 unspecified atom stereocenters. The van der Waals surface area contributed by atoms with Gasteiger partial charge in [0.25, 0.3) is 5.91 Å². The molecule has 1 amide bonds. The molecule has 33 heavy (non-hydrogen) atoms. The maximum absolute atomic E-state index is 12.8. The molecule has 5 rings (SSSR count). The number of nitrogens with one attached hydrogen (secondary N) is 1. The topological polar surface area (TPSA) is 73.8 Å². The summed E-state index contributed by atoms with van der Waals surface area (Å²) in [6.45, 7) is 3.92. The molecule has 0 fully saturated rings. The summed E-state index contributed by atoms with van der Waals surface area (Å²) in [6.07, 6.45) is 1.69. The molecule has 9 heteroatoms. The van der Waals surface area contributed by atoms with Crippen LogP contribution in [0.3, 0.4) is 0 Å². The zero-order valence-electron chi connectivity index (χ0n) is 17.6. The number of hydrogen-bond acceptors (Lipinski definition) is 4. The van der Waals surface area contributed by atoms with Crippen molar-refractivity contribution in [2.45, 2.75) is 13.8 Å². The number of hydrogen-bond donors (Lipinski definition) is 1. The van der Waals surface area contributed by atoms with E-state index in [4.69, 9.17) is 28.6 Å². The predicted molar refractivity (Wildman–Crippen MR) is 136 cm³/mol. The van der Waals surface area contributed by atoms with Gasteiger partial charge < -0.3 is 4.57 Å². The molecular weight excluding hydrogens is 477 g/mol. The highest BCUT2D eigenvalue weighted by atomic mass is 35.5. The van der Waals surface area contributed by atoms with Crippen LogP contribution >= 0.6 is 35.0 Å². The van der Waals surface area contributed by atoms with Gasteiger partial charge in [-0.2, -0.15) is 15.1 Å². The number of carbonyl (C=O) groups is 1. The molecule has 1 aromatic heterocycles. The third kappa shape index (κ3) is 3.72. The van der Waals surface area contributed by atoms with Crippen molar-refractivity contribution in [3.8, 4) is 5.69 Å². The molecule has 0 radical (unpaired) electrons. The summed E-state index contributed by atoms with van der Waals surface area (Å²) in [5.41, 5.74) is 4.43. The number of aliphatic imine (C=N–C) groups is 1. The van der Waals surface area contributed by atoms with Crippen molar-refractivity contribution in [2.75, 3.05) is 0 Å². The molecule has 2 aliphatic heterocycles. The van der Waals surface area contributed by atoms with Gasteiger partial charge in [0.2, 0.25) is 5.17 Å². The Kier molecular flexibility index (Phi) is 5.48. The number of amides is 1. The van der Waals surface area contributed by atoms with E-state index in [0.29, 0.717) is 20.3 Å². The summed E-state index contributed by atoms with van der Waals surface area (Å²) in [5, 5.41) is 16.7. The molecule has 0 spiro atoms. The maximum atomic E-state index is 12.8. The average molecular weight is 494 g/mol. The lowest BCUT2D eigenvalue weighted by molar-refractivity contribution is -0.114. The van der Waals surface area contributed by atoms with Gasteiger partial charge in [-0.15, -0.1) is 0 Å². The number of rotatable bonds is 3. The van der Waals surface area contributed by atoms with E-state index in [2.05, 4.69) is 10.1 Å². The molecule has 0 aliphatic carbocycles. The van der Waals surface area contributed by atoms with Crippen LogP contribution in [0.2, 0.25) is 10.0 Å². The van der Waals surface area contributed by atoms with Gasteiger partial charge in [-0.05, 0) is 61.5 Å². The third-order valence-electron chi connectivity index (χ3n) is 5.42. The van der Waals surface area contributed by atoms with Gasteiger partial charge in [0.15, 0.2) is 5.84 Å². The van der Waals surface area contributed by atoms with Crippen molar-refractivity contribution in [1.29, 1.82) is 5.41 Å². The van der Waals surface area contributed by atoms with Crippen LogP contribution in [0.15, 0.2) is 70.3 Å². The Hall–Kier alpha value is -3.13. The number of aryl methyl sites for hydroxylation is 1. The Labute approximate surface area is 204 Å². The number of fused-ring (bicyclic) bond motifs is 1. The van der Waals surface area contributed by atoms with Crippen LogP contribution in [-0.2, 0) is 4.79 Å². The number of thioether (sulfide) groups is 1. The fourth-order valence-electron chi connectivity index (χ4n) is 3.83. The number of aromatic nitrogens is 1. The van der Waals surface area contributed by atoms with Crippen molar-refractivity contribution in [2.24, 2.45) is 10.1 Å². The zero-order chi connectivity index (χ0) is 23.3. The summed E-state index contributed by atoms with van der Waals surface area (Å²) in [6, 6.07) is 16.9. The standard InChI is InChI=1S/C24H17Cl2N5OS/c1-13-11-15(14(2)30(13)20-10-6-5-9-19(20)26)12-17-21(27)31-24(28-22(17)32)33-23(29-31)16-7-3-4-8-18(16)25/h3-12,27H,1-2H3. The number of benzene rings is 2. The fraction of sp³-hybridized carbons (Fsp3) is 0.0833. The van der Waals surface area contributed by atoms with Crippen LogP contribution in [0, 0.1) is 19.3 Å². The quantitative estimate of drug-likeness (QED) is 0.450. The lowest BCUT2D eigenvalue weighted by Crippen LogP contribution is -2.35. The smallest absolute Gasteiger partial charge is 0.283 e. The van der Waals surface area contributed by atoms with Crippen LogP contribution in [0.5, 0.6) is 0 Å². The van der Waals surface area contributed by atoms with E-state index in [0.717, 1.165) is 28.2 Å². The number of nitrogens with zero attached hydrogens (tertiary/aromatic N) is 4. The highest BCUT2D eigenvalue weighted by molar-refractivity contribution is 8.27. The highest BCUT2D eigenvalue weighted by Gasteiger charge is 2.36. The van der Waals surface area contributed by atoms with Gasteiger partial charge in [-0.25, -0.2) is 0 Å². The van der Waals surface area contributed by atoms with Crippen LogP contribution in [0.1, 0.15) is 22.5 Å². The predicted octanol–water partition coefficient (Wildman–Crippen LogP) is 6.07. The Morgan fingerprint density at radius 1 is 1.03 bits per heavy atom. The van der Waals surface area contributed by atoms with Crippen LogP contribution < -0.4 is 0 Å². The average Bonchev–Trinajstić information content (AvgIpc) is 3.32. The molecule has 0 bridgehead atoms. The molecule has 3 heterocycles. The Bertz CT molecular complexity index is 1440. The normalized spacial score (nSPS) is 16.8. The summed E-state index contributed by atoms with van der Waals surface area (Å²) in [4.78, 5) is 17.0. The van der Waals surface area contributed by atoms with Crippen molar-refractivity contribution in [3.05, 3.63) is 92.7 Å². The minimum atomic E-state index is -0.475. The second-order valence-corrected chi connectivity index (χ2v) is 9.29. The first-order chi connectivity index (χ1) is 15.8. The monoisotopic (exact) mass is 493 g/mol. The van der Waals surface area contributed by atoms with E-state index in [1.54, 1.807) is 12.1 Å². The molecule has 0 saturated heterocycles. The van der Waals surface area contributed by atoms with E-state index in [1.165, 1.54) is 16.8 Å². The highest BCUT2D eigenvalue weighted by Crippen LogP contribution is 2.34. The molecule has 164 valence electrons. The van der Waals surface area contributed by atoms with Crippen molar-refractivity contribution >= 4 is 63.0 Å². The minimum absolute atomic E-state index is 0.0258. The van der Waals surface area contributed by atoms with Gasteiger partial charge in [0.1, 0.15) is 5.04 Å². The molecule has 6 nitrogen and oxygen atoms in total. The Morgan fingerprint density at radius 2 is 1.73 bits per heavy atom. The van der Waals surface area contributed by atoms with Gasteiger partial charge >= 0.3 is 0 Å². The largest absolute Gasteiger partial charge is 0.316 e. The van der Waals surface area contributed by atoms with Gasteiger partial charge in [-0.1, -0.05) is 53.5 Å². The summed E-state index contributed by atoms with van der Waals surface area (Å²) in [5.74, 6) is -0.501. The second-order valence-electron chi connectivity index (χ2n) is 7.52. The van der Waals surface area contributed by atoms with Gasteiger partial charge in [0, 0.05) is 17.0 Å². The van der Waals surface area contributed by atoms with E-state index in [1.807, 2.05) is 66.9 Å². The molecule has 3 aromatic rings. The van der Waals surface area contributed by atoms with E-state index in [-0.39, 0.29) is 11.4 Å². The zero-order valence-corrected chi connectivity index (χ0v) is 20.0. The van der Waals surface area contributed by atoms with E-state index < -0.39 is 5.91 Å². The van der Waals surface area contributed by atoms with Crippen molar-refractivity contribution < 1.29 is 4.79 Å². The molecule has 2 aromatic carbocycles. The van der Waals surface area contributed by atoms with Gasteiger partial charge in [-0.3, -0.25) is 10.2 Å². The summed E-state index contributed by atoms with van der Waals surface area (Å²) < 4.78 is 2.03. The SMILES string of the molecule is Cc1cc(C=C2C(=N)N3N=C(c4ccccc4Cl)SC3=NC2=O)c(C)n1-c1ccccc1Cl. The van der Waals surface area contributed by atoms with E-state index >= 15 is 0 Å². The third-order valence-corrected chi connectivity index (χ3v) is 7.01. The molecule has 0 atom stereocenters. The molecule has 1 N–H and O–H groups in total. The maximum Gasteiger partial charge on any atom is 0.283 e. The second kappa shape index (κ2) is 8.33. The number of para-hydroxylation sites is 1. The number of halogens is 2. The minimum Gasteiger partial charge on any atom is -0.316 e. The fourth-order valence-corrected chi connectivity index (χ4v) is 5.26. The lowest BCUT2D eigenvalue weighted by atomic mass is 10.1. The van der Waals surface area contributed by atoms with Crippen LogP contribution in [0.4, 0.5) is 0 Å².